The Kier molecular flexibility index (Phi) is 44.3. The van der Waals surface area contributed by atoms with E-state index in [2.05, 4.69) is 66.4 Å². The molecule has 0 bridgehead atoms. The first kappa shape index (κ1) is 114. The third kappa shape index (κ3) is 37.1. The van der Waals surface area contributed by atoms with E-state index in [1.807, 2.05) is 152 Å². The molecule has 1 aliphatic carbocycles. The van der Waals surface area contributed by atoms with E-state index in [4.69, 9.17) is 78.1 Å². The lowest BCUT2D eigenvalue weighted by atomic mass is 9.87. The molecule has 1 saturated carbocycles. The minimum Gasteiger partial charge on any atom is -0.369 e. The molecule has 1 fully saturated rings. The van der Waals surface area contributed by atoms with E-state index in [0.717, 1.165) is 99.1 Å². The zero-order chi connectivity index (χ0) is 104. The Morgan fingerprint density at radius 1 is 0.400 bits per heavy atom. The van der Waals surface area contributed by atoms with Crippen LogP contribution in [0.3, 0.4) is 0 Å². The molecule has 14 rings (SSSR count). The molecular formula is C93H118N20O24P4S4. The monoisotopic (exact) mass is 2150 g/mol. The summed E-state index contributed by atoms with van der Waals surface area (Å²) in [7, 11) is -14.5. The fourth-order valence-electron chi connectivity index (χ4n) is 12.9. The number of nitrogens with zero attached hydrogens (tertiary/aromatic N) is 12. The molecule has 8 heterocycles. The van der Waals surface area contributed by atoms with Gasteiger partial charge in [0.1, 0.15) is 25.4 Å². The Labute approximate surface area is 850 Å². The first-order valence-electron chi connectivity index (χ1n) is 45.6. The van der Waals surface area contributed by atoms with Crippen molar-refractivity contribution in [2.75, 3.05) is 124 Å². The van der Waals surface area contributed by atoms with Gasteiger partial charge in [-0.05, 0) is 62.8 Å². The molecule has 12 N–H and O–H groups in total. The average molecular weight is 2150 g/mol. The molecule has 0 saturated heterocycles. The van der Waals surface area contributed by atoms with E-state index in [1.165, 1.54) is 43.1 Å². The fourth-order valence-corrected chi connectivity index (χ4v) is 21.4. The number of imidazole rings is 4. The zero-order valence-electron chi connectivity index (χ0n) is 81.0. The number of hydrogen-bond donors (Lipinski definition) is 8. The minimum absolute atomic E-state index is 0.00812. The van der Waals surface area contributed by atoms with Gasteiger partial charge in [-0.2, -0.15) is 19.9 Å². The number of benzene rings is 5. The number of aromatic amines is 4. The molecule has 0 aliphatic heterocycles. The van der Waals surface area contributed by atoms with Crippen molar-refractivity contribution in [3.8, 4) is 0 Å². The molecule has 52 heteroatoms. The number of carbonyl (C=O) groups excluding carboxylic acids is 4. The number of thioether (sulfide) groups is 4. The van der Waals surface area contributed by atoms with Gasteiger partial charge in [0.2, 0.25) is 28.9 Å². The van der Waals surface area contributed by atoms with Crippen LogP contribution in [0.5, 0.6) is 0 Å². The normalized spacial score (nSPS) is 13.8. The minimum atomic E-state index is -3.66. The van der Waals surface area contributed by atoms with Gasteiger partial charge in [-0.3, -0.25) is 76.6 Å². The van der Waals surface area contributed by atoms with E-state index in [-0.39, 0.29) is 196 Å². The van der Waals surface area contributed by atoms with Crippen LogP contribution in [-0.2, 0) is 140 Å². The smallest absolute Gasteiger partial charge is 0.356 e. The van der Waals surface area contributed by atoms with Crippen LogP contribution in [0.2, 0.25) is 0 Å². The molecular weight excluding hydrogens is 2030 g/mol. The molecule has 4 unspecified atom stereocenters. The van der Waals surface area contributed by atoms with Crippen molar-refractivity contribution < 1.29 is 92.6 Å². The fraction of sp³-hybridized carbons (Fsp3) is 0.398. The summed E-state index contributed by atoms with van der Waals surface area (Å²) in [4.78, 5) is 138. The third-order valence-electron chi connectivity index (χ3n) is 20.9. The molecule has 13 aromatic rings. The van der Waals surface area contributed by atoms with Crippen LogP contribution in [0.15, 0.2) is 185 Å². The van der Waals surface area contributed by atoms with Crippen molar-refractivity contribution in [2.45, 2.75) is 127 Å². The maximum atomic E-state index is 13.5. The van der Waals surface area contributed by atoms with Gasteiger partial charge in [-0.1, -0.05) is 230 Å². The summed E-state index contributed by atoms with van der Waals surface area (Å²) in [6.07, 6.45) is 9.50. The number of nitrogens with two attached hydrogens (primary N) is 4. The highest BCUT2D eigenvalue weighted by molar-refractivity contribution is 8.14. The molecule has 145 heavy (non-hydrogen) atoms. The number of H-pyrrole nitrogens is 4. The van der Waals surface area contributed by atoms with Crippen molar-refractivity contribution in [3.05, 3.63) is 257 Å². The first-order chi connectivity index (χ1) is 69.4. The predicted octanol–water partition coefficient (Wildman–Crippen LogP) is 14.4. The molecule has 44 nitrogen and oxygen atoms in total. The summed E-state index contributed by atoms with van der Waals surface area (Å²) in [6, 6.07) is 39.6. The van der Waals surface area contributed by atoms with Crippen LogP contribution < -0.4 is 45.2 Å². The van der Waals surface area contributed by atoms with E-state index >= 15 is 0 Å². The highest BCUT2D eigenvalue weighted by atomic mass is 32.2. The van der Waals surface area contributed by atoms with Crippen molar-refractivity contribution in [3.63, 3.8) is 0 Å². The van der Waals surface area contributed by atoms with Crippen LogP contribution in [0, 0.1) is 39.0 Å². The van der Waals surface area contributed by atoms with E-state index < -0.39 is 58.0 Å². The number of aryl methyl sites for hydroxylation is 4. The summed E-state index contributed by atoms with van der Waals surface area (Å²) in [5.74, 6) is 1.45. The number of fused-ring (bicyclic) bond motifs is 4. The predicted molar refractivity (Wildman–Crippen MR) is 559 cm³/mol. The van der Waals surface area contributed by atoms with Gasteiger partial charge in [0.05, 0.1) is 105 Å². The topological polar surface area (TPSA) is 606 Å². The number of aromatic nitrogens is 16. The number of anilines is 4. The van der Waals surface area contributed by atoms with Gasteiger partial charge in [0, 0.05) is 72.5 Å². The quantitative estimate of drug-likeness (QED) is 0.00997. The van der Waals surface area contributed by atoms with Gasteiger partial charge in [-0.25, -0.2) is 19.9 Å². The van der Waals surface area contributed by atoms with Crippen molar-refractivity contribution >= 4 is 166 Å². The highest BCUT2D eigenvalue weighted by Crippen LogP contribution is 2.52. The standard InChI is InChI=1S/C25H28N5O6PS.C23H30N5O6PS.C23H32N5O6PS.C22H28N5O6PS/c1-18-7-9-19(10-8-18)15-36-37(33,35-13-14-38-24(32)20-5-3-2-4-6-20)17-34-12-11-30-16-27-21-22(30)28-25(26)29-23(21)31;1-16-5-7-17(8-6-16)13-34-35(31,33-11-12-36-22(30)18-3-2-4-18)15-32-10-9-28-14-25-19-20(28)26-23(24)27-21(19)29;1-16-5-7-17(8-6-16)13-34-35(31,33-11-12-36-21(30)23(2,3)4)15-32-10-9-28-14-25-18-19(28)26-22(24)27-20(18)29;1-3-4-18(28)35-12-11-32-34(30,33-13-17-7-5-16(2)6-8-17)15-31-10-9-27-14-24-19-20(27)25-22(23)26-21(19)29/h2-10,16H,11-15,17H2,1H3,(H3,26,28,29,31);5-8,14,18H,2-4,9-13,15H2,1H3,(H3,24,26,27,29);5-8,14H,9-13,15H2,1-4H3,(H3,24,26,27,29);3,5-8,14H,1,4,9-13,15H2,2H3,(H3,23,25,26,29). The molecule has 5 aromatic carbocycles. The number of nitrogen functional groups attached to an aromatic ring is 4. The lowest BCUT2D eigenvalue weighted by molar-refractivity contribution is -0.117. The van der Waals surface area contributed by atoms with Crippen LogP contribution >= 0.6 is 77.4 Å². The van der Waals surface area contributed by atoms with Gasteiger partial charge >= 0.3 is 30.4 Å². The highest BCUT2D eigenvalue weighted by Gasteiger charge is 2.33. The van der Waals surface area contributed by atoms with Crippen LogP contribution in [0.1, 0.15) is 101 Å². The SMILES string of the molecule is C=CCC(=O)SCCOP(=O)(COCCn1cnc2c(=O)[nH]c(N)nc21)OCc1ccc(C)cc1.Cc1ccc(COP(=O)(COCCn2cnc3c(=O)[nH]c(N)nc32)OCCSC(=O)C(C)(C)C)cc1.Cc1ccc(COP(=O)(COCCn2cnc3c(=O)[nH]c(N)nc32)OCCSC(=O)C2CCC2)cc1.Cc1ccc(COP(=O)(COCCn2cnc3c(=O)[nH]c(N)nc32)OCCSC(=O)c2ccccc2)cc1. The number of hydrogen-bond acceptors (Lipinski definition) is 40. The second kappa shape index (κ2) is 56.2. The van der Waals surface area contributed by atoms with E-state index in [0.29, 0.717) is 64.3 Å². The summed E-state index contributed by atoms with van der Waals surface area (Å²) in [5, 5.41) is 0.0490. The summed E-state index contributed by atoms with van der Waals surface area (Å²) in [5.41, 5.74) is 30.7. The maximum Gasteiger partial charge on any atom is 0.356 e. The largest absolute Gasteiger partial charge is 0.369 e. The zero-order valence-corrected chi connectivity index (χ0v) is 87.8. The third-order valence-corrected chi connectivity index (χ3v) is 31.3. The number of nitrogens with one attached hydrogen (secondary N) is 4. The van der Waals surface area contributed by atoms with Crippen molar-refractivity contribution in [2.24, 2.45) is 11.3 Å². The Hall–Kier alpha value is -11.0. The van der Waals surface area contributed by atoms with Crippen molar-refractivity contribution in [1.29, 1.82) is 0 Å². The summed E-state index contributed by atoms with van der Waals surface area (Å²) >= 11 is 4.50. The molecule has 0 radical (unpaired) electrons. The lowest BCUT2D eigenvalue weighted by Crippen LogP contribution is -2.20. The number of allylic oxidation sites excluding steroid dienone is 1. The van der Waals surface area contributed by atoms with Crippen LogP contribution in [0.25, 0.3) is 44.7 Å². The van der Waals surface area contributed by atoms with Crippen LogP contribution in [0.4, 0.5) is 23.8 Å². The number of rotatable bonds is 52. The second-order valence-corrected chi connectivity index (χ2v) is 46.0. The van der Waals surface area contributed by atoms with Gasteiger partial charge in [0.25, 0.3) is 22.2 Å². The second-order valence-electron chi connectivity index (χ2n) is 33.6. The average Bonchev–Trinajstić information content (AvgIpc) is 1.67. The number of ether oxygens (including phenoxy) is 4. The van der Waals surface area contributed by atoms with E-state index in [1.54, 1.807) is 42.5 Å². The Morgan fingerprint density at radius 2 is 0.683 bits per heavy atom. The Bertz CT molecular complexity index is 6950. The molecule has 4 atom stereocenters. The van der Waals surface area contributed by atoms with Crippen LogP contribution in [-0.4, -0.2) is 200 Å². The Morgan fingerprint density at radius 3 is 0.959 bits per heavy atom. The molecule has 0 amide bonds. The number of carbonyl (C=O) groups is 4. The van der Waals surface area contributed by atoms with Crippen molar-refractivity contribution in [1.82, 2.24) is 78.1 Å². The first-order valence-corrected chi connectivity index (χ1v) is 56.5. The van der Waals surface area contributed by atoms with Gasteiger partial charge in [0.15, 0.2) is 60.0 Å². The molecule has 1 aliphatic rings. The summed E-state index contributed by atoms with van der Waals surface area (Å²) < 4.78 is 128. The van der Waals surface area contributed by atoms with Gasteiger partial charge in [-0.15, -0.1) is 6.58 Å². The Balaban J connectivity index is 0.000000184. The maximum absolute atomic E-state index is 13.5. The van der Waals surface area contributed by atoms with Gasteiger partial charge < -0.3 is 96.3 Å². The molecule has 8 aromatic heterocycles. The molecule has 0 spiro atoms. The summed E-state index contributed by atoms with van der Waals surface area (Å²) in [6.45, 7) is 19.3. The van der Waals surface area contributed by atoms with E-state index in [9.17, 15) is 56.6 Å². The lowest BCUT2D eigenvalue weighted by Gasteiger charge is -2.23. The molecule has 778 valence electrons.